The summed E-state index contributed by atoms with van der Waals surface area (Å²) in [6.45, 7) is 3.35. The zero-order valence-electron chi connectivity index (χ0n) is 27.2. The quantitative estimate of drug-likeness (QED) is 0.223. The molecule has 5 aromatic rings. The number of nitrogens with zero attached hydrogens (tertiary/aromatic N) is 2. The third-order valence-corrected chi connectivity index (χ3v) is 10.9. The second kappa shape index (κ2) is 10.9. The first-order valence-corrected chi connectivity index (χ1v) is 16.5. The number of hydrogen-bond acceptors (Lipinski definition) is 5. The van der Waals surface area contributed by atoms with Crippen LogP contribution in [-0.4, -0.2) is 28.6 Å². The smallest absolute Gasteiger partial charge is 0.248 e. The summed E-state index contributed by atoms with van der Waals surface area (Å²) < 4.78 is 0. The molecular weight excluding hydrogens is 612 g/mol. The number of hydrogen-bond donors (Lipinski definition) is 1. The van der Waals surface area contributed by atoms with E-state index in [-0.39, 0.29) is 18.9 Å². The van der Waals surface area contributed by atoms with Crippen molar-refractivity contribution in [3.63, 3.8) is 0 Å². The minimum Gasteiger partial charge on any atom is -0.384 e. The van der Waals surface area contributed by atoms with Crippen LogP contribution in [-0.2, 0) is 37.4 Å². The number of carbonyl (C=O) groups excluding carboxylic acids is 4. The molecule has 2 aliphatic heterocycles. The molecule has 4 atom stereocenters. The van der Waals surface area contributed by atoms with E-state index in [0.717, 1.165) is 10.5 Å². The number of rotatable bonds is 5. The summed E-state index contributed by atoms with van der Waals surface area (Å²) in [7, 11) is 0. The highest BCUT2D eigenvalue weighted by Gasteiger charge is 2.82. The highest BCUT2D eigenvalue weighted by Crippen LogP contribution is 2.71. The molecule has 2 heterocycles. The minimum atomic E-state index is -2.10. The summed E-state index contributed by atoms with van der Waals surface area (Å²) in [4.78, 5) is 62.8. The van der Waals surface area contributed by atoms with Crippen molar-refractivity contribution < 1.29 is 24.3 Å². The van der Waals surface area contributed by atoms with Gasteiger partial charge >= 0.3 is 0 Å². The van der Waals surface area contributed by atoms with Gasteiger partial charge in [-0.2, -0.15) is 0 Å². The molecule has 242 valence electrons. The molecule has 3 amide bonds. The van der Waals surface area contributed by atoms with Gasteiger partial charge in [-0.15, -0.1) is 0 Å². The fraction of sp³-hybridized carbons (Fsp3) is 0.190. The Morgan fingerprint density at radius 2 is 1.29 bits per heavy atom. The van der Waals surface area contributed by atoms with Gasteiger partial charge in [-0.3, -0.25) is 19.2 Å². The van der Waals surface area contributed by atoms with Crippen LogP contribution in [0.2, 0.25) is 0 Å². The van der Waals surface area contributed by atoms with Gasteiger partial charge in [-0.1, -0.05) is 121 Å². The van der Waals surface area contributed by atoms with Crippen LogP contribution in [0.1, 0.15) is 51.5 Å². The van der Waals surface area contributed by atoms with E-state index in [0.29, 0.717) is 39.2 Å². The Kier molecular flexibility index (Phi) is 6.84. The predicted molar refractivity (Wildman–Crippen MR) is 186 cm³/mol. The number of aliphatic hydroxyl groups is 1. The lowest BCUT2D eigenvalue weighted by Gasteiger charge is -2.42. The van der Waals surface area contributed by atoms with Gasteiger partial charge in [0.1, 0.15) is 11.0 Å². The zero-order chi connectivity index (χ0) is 34.1. The van der Waals surface area contributed by atoms with Crippen LogP contribution in [0.3, 0.4) is 0 Å². The third-order valence-electron chi connectivity index (χ3n) is 10.9. The van der Waals surface area contributed by atoms with Gasteiger partial charge in [-0.05, 0) is 46.9 Å². The Bertz CT molecular complexity index is 2180. The van der Waals surface area contributed by atoms with Gasteiger partial charge in [0.15, 0.2) is 5.78 Å². The van der Waals surface area contributed by atoms with Crippen molar-refractivity contribution in [1.29, 1.82) is 0 Å². The van der Waals surface area contributed by atoms with Crippen LogP contribution < -0.4 is 9.80 Å². The predicted octanol–water partition coefficient (Wildman–Crippen LogP) is 6.40. The number of carbonyl (C=O) groups is 4. The maximum Gasteiger partial charge on any atom is 0.248 e. The first-order valence-electron chi connectivity index (χ1n) is 16.5. The number of imide groups is 1. The SMILES string of the molecule is CC(=O)N1C(=O)[C@]2(c3ccccc31)[C@H](C(=O)c1ccccc1C)[C@]1(C[C@]2(O)c2ccccc2)C(=O)N(Cc2ccccc2)c2ccccc21. The lowest BCUT2D eigenvalue weighted by molar-refractivity contribution is -0.137. The molecule has 49 heavy (non-hydrogen) atoms. The molecule has 3 aliphatic rings. The molecule has 1 aliphatic carbocycles. The Labute approximate surface area is 284 Å². The lowest BCUT2D eigenvalue weighted by atomic mass is 9.58. The fourth-order valence-corrected chi connectivity index (χ4v) is 9.04. The van der Waals surface area contributed by atoms with Crippen molar-refractivity contribution in [1.82, 2.24) is 0 Å². The summed E-state index contributed by atoms with van der Waals surface area (Å²) in [6.07, 6.45) is -0.265. The van der Waals surface area contributed by atoms with Crippen LogP contribution in [0.4, 0.5) is 11.4 Å². The molecule has 0 aromatic heterocycles. The van der Waals surface area contributed by atoms with E-state index in [1.807, 2.05) is 79.7 Å². The van der Waals surface area contributed by atoms with Crippen molar-refractivity contribution in [2.75, 3.05) is 9.80 Å². The van der Waals surface area contributed by atoms with Crippen molar-refractivity contribution in [3.8, 4) is 0 Å². The number of ketones is 1. The summed E-state index contributed by atoms with van der Waals surface area (Å²) in [5.74, 6) is -3.51. The van der Waals surface area contributed by atoms with Crippen LogP contribution >= 0.6 is 0 Å². The van der Waals surface area contributed by atoms with Crippen molar-refractivity contribution in [2.24, 2.45) is 5.92 Å². The monoisotopic (exact) mass is 646 g/mol. The number of Topliss-reactive ketones (excluding diaryl/α,β-unsaturated/α-hetero) is 1. The molecule has 1 N–H and O–H groups in total. The average Bonchev–Trinajstić information content (AvgIpc) is 3.63. The van der Waals surface area contributed by atoms with E-state index >= 15 is 14.4 Å². The highest BCUT2D eigenvalue weighted by molar-refractivity contribution is 6.27. The van der Waals surface area contributed by atoms with Gasteiger partial charge < -0.3 is 10.0 Å². The highest BCUT2D eigenvalue weighted by atomic mass is 16.3. The maximum atomic E-state index is 15.6. The van der Waals surface area contributed by atoms with E-state index in [2.05, 4.69) is 0 Å². The summed E-state index contributed by atoms with van der Waals surface area (Å²) in [6, 6.07) is 39.8. The second-order valence-corrected chi connectivity index (χ2v) is 13.4. The van der Waals surface area contributed by atoms with Crippen molar-refractivity contribution >= 4 is 34.9 Å². The number of anilines is 2. The lowest BCUT2D eigenvalue weighted by Crippen LogP contribution is -2.59. The Morgan fingerprint density at radius 1 is 0.714 bits per heavy atom. The minimum absolute atomic E-state index is 0.227. The van der Waals surface area contributed by atoms with E-state index in [1.165, 1.54) is 6.92 Å². The summed E-state index contributed by atoms with van der Waals surface area (Å²) in [5, 5.41) is 13.6. The number of aryl methyl sites for hydroxylation is 1. The van der Waals surface area contributed by atoms with Gasteiger partial charge in [-0.25, -0.2) is 4.90 Å². The topological polar surface area (TPSA) is 95.0 Å². The molecule has 0 saturated heterocycles. The Morgan fingerprint density at radius 3 is 1.96 bits per heavy atom. The molecular formula is C42H34N2O5. The second-order valence-electron chi connectivity index (χ2n) is 13.4. The normalized spacial score (nSPS) is 25.2. The molecule has 0 radical (unpaired) electrons. The van der Waals surface area contributed by atoms with E-state index in [1.54, 1.807) is 65.6 Å². The molecule has 0 unspecified atom stereocenters. The van der Waals surface area contributed by atoms with E-state index in [4.69, 9.17) is 0 Å². The Hall–Kier alpha value is -5.66. The summed E-state index contributed by atoms with van der Waals surface area (Å²) in [5.41, 5.74) is -1.71. The number of amides is 3. The third kappa shape index (κ3) is 3.93. The van der Waals surface area contributed by atoms with Gasteiger partial charge in [0, 0.05) is 24.6 Å². The first kappa shape index (κ1) is 30.7. The van der Waals surface area contributed by atoms with Gasteiger partial charge in [0.25, 0.3) is 0 Å². The average molecular weight is 647 g/mol. The van der Waals surface area contributed by atoms with Crippen LogP contribution in [0.15, 0.2) is 133 Å². The fourth-order valence-electron chi connectivity index (χ4n) is 9.04. The number of benzene rings is 5. The maximum absolute atomic E-state index is 15.6. The van der Waals surface area contributed by atoms with Crippen LogP contribution in [0.25, 0.3) is 0 Å². The number of para-hydroxylation sites is 2. The first-order chi connectivity index (χ1) is 23.7. The van der Waals surface area contributed by atoms with Crippen molar-refractivity contribution in [3.05, 3.63) is 167 Å². The molecule has 7 heteroatoms. The molecule has 0 bridgehead atoms. The van der Waals surface area contributed by atoms with E-state index in [9.17, 15) is 9.90 Å². The largest absolute Gasteiger partial charge is 0.384 e. The molecule has 2 spiro atoms. The molecule has 1 fully saturated rings. The van der Waals surface area contributed by atoms with Crippen LogP contribution in [0, 0.1) is 12.8 Å². The van der Waals surface area contributed by atoms with Gasteiger partial charge in [0.05, 0.1) is 23.6 Å². The van der Waals surface area contributed by atoms with Crippen LogP contribution in [0.5, 0.6) is 0 Å². The number of fused-ring (bicyclic) bond motifs is 4. The van der Waals surface area contributed by atoms with E-state index < -0.39 is 39.9 Å². The van der Waals surface area contributed by atoms with Gasteiger partial charge in [0.2, 0.25) is 17.7 Å². The zero-order valence-corrected chi connectivity index (χ0v) is 27.2. The molecule has 8 rings (SSSR count). The molecule has 7 nitrogen and oxygen atoms in total. The Balaban J connectivity index is 1.51. The van der Waals surface area contributed by atoms with Crippen molar-refractivity contribution in [2.45, 2.75) is 43.2 Å². The molecule has 1 saturated carbocycles. The molecule has 5 aromatic carbocycles. The summed E-state index contributed by atoms with van der Waals surface area (Å²) >= 11 is 0. The standard InChI is InChI=1S/C42H34N2O5/c1-27-15-9-10-20-31(27)36(46)37-40(32-21-11-13-23-34(32)43(38(40)47)25-29-16-5-3-6-17-29)26-41(49,30-18-7-4-8-19-30)42(37)33-22-12-14-24-35(33)44(28(2)45)39(42)48/h3-24,37,49H,25-26H2,1-2H3/t37-,40-,41+,42+/m1/s1.